The summed E-state index contributed by atoms with van der Waals surface area (Å²) in [7, 11) is 0. The van der Waals surface area contributed by atoms with E-state index in [2.05, 4.69) is 15.2 Å². The van der Waals surface area contributed by atoms with Gasteiger partial charge in [0.1, 0.15) is 0 Å². The zero-order valence-electron chi connectivity index (χ0n) is 14.4. The summed E-state index contributed by atoms with van der Waals surface area (Å²) in [5, 5.41) is 14.0. The maximum absolute atomic E-state index is 10.7. The molecule has 132 valence electrons. The monoisotopic (exact) mass is 334 g/mol. The van der Waals surface area contributed by atoms with Crippen molar-refractivity contribution in [2.24, 2.45) is 4.99 Å². The van der Waals surface area contributed by atoms with E-state index in [1.165, 1.54) is 12.1 Å². The maximum atomic E-state index is 10.7. The molecule has 7 heteroatoms. The molecule has 0 atom stereocenters. The Kier molecular flexibility index (Phi) is 6.99. The van der Waals surface area contributed by atoms with Crippen molar-refractivity contribution in [1.82, 2.24) is 10.2 Å². The molecule has 1 N–H and O–H groups in total. The Labute approximate surface area is 142 Å². The number of guanidine groups is 1. The molecule has 0 bridgehead atoms. The van der Waals surface area contributed by atoms with Crippen LogP contribution in [-0.4, -0.2) is 48.1 Å². The molecule has 0 radical (unpaired) electrons. The highest BCUT2D eigenvalue weighted by Crippen LogP contribution is 2.15. The number of ether oxygens (including phenoxy) is 1. The van der Waals surface area contributed by atoms with Gasteiger partial charge in [-0.2, -0.15) is 0 Å². The first-order valence-electron chi connectivity index (χ1n) is 8.52. The van der Waals surface area contributed by atoms with Crippen LogP contribution in [0.5, 0.6) is 0 Å². The number of piperidine rings is 1. The Morgan fingerprint density at radius 1 is 1.33 bits per heavy atom. The number of non-ortho nitro benzene ring substituents is 1. The van der Waals surface area contributed by atoms with E-state index in [4.69, 9.17) is 4.74 Å². The largest absolute Gasteiger partial charge is 0.378 e. The van der Waals surface area contributed by atoms with E-state index in [-0.39, 0.29) is 10.6 Å². The van der Waals surface area contributed by atoms with Crippen LogP contribution in [0, 0.1) is 10.1 Å². The van der Waals surface area contributed by atoms with Gasteiger partial charge in [0.25, 0.3) is 5.69 Å². The molecule has 1 fully saturated rings. The molecule has 1 aliphatic rings. The number of likely N-dealkylation sites (tertiary alicyclic amines) is 1. The Hall–Kier alpha value is -2.15. The lowest BCUT2D eigenvalue weighted by Gasteiger charge is -2.34. The summed E-state index contributed by atoms with van der Waals surface area (Å²) in [5.74, 6) is 0.894. The Balaban J connectivity index is 1.96. The van der Waals surface area contributed by atoms with Gasteiger partial charge in [-0.3, -0.25) is 10.1 Å². The highest BCUT2D eigenvalue weighted by molar-refractivity contribution is 5.80. The summed E-state index contributed by atoms with van der Waals surface area (Å²) in [6.45, 7) is 8.01. The van der Waals surface area contributed by atoms with Crippen molar-refractivity contribution in [3.8, 4) is 0 Å². The van der Waals surface area contributed by atoms with Gasteiger partial charge in [0, 0.05) is 38.4 Å². The Morgan fingerprint density at radius 3 is 2.54 bits per heavy atom. The van der Waals surface area contributed by atoms with Crippen LogP contribution in [-0.2, 0) is 11.3 Å². The molecule has 1 saturated heterocycles. The molecule has 1 aliphatic heterocycles. The number of nitrogens with zero attached hydrogens (tertiary/aromatic N) is 3. The summed E-state index contributed by atoms with van der Waals surface area (Å²) < 4.78 is 5.69. The molecule has 0 amide bonds. The van der Waals surface area contributed by atoms with Crippen LogP contribution in [0.3, 0.4) is 0 Å². The molecular formula is C17H26N4O3. The molecule has 7 nitrogen and oxygen atoms in total. The van der Waals surface area contributed by atoms with Crippen molar-refractivity contribution in [2.45, 2.75) is 39.3 Å². The Bertz CT molecular complexity index is 551. The summed E-state index contributed by atoms with van der Waals surface area (Å²) in [5.41, 5.74) is 1.06. The van der Waals surface area contributed by atoms with E-state index in [1.54, 1.807) is 12.1 Å². The molecule has 0 unspecified atom stereocenters. The number of benzene rings is 1. The fourth-order valence-corrected chi connectivity index (χ4v) is 2.79. The van der Waals surface area contributed by atoms with Gasteiger partial charge in [0.2, 0.25) is 0 Å². The van der Waals surface area contributed by atoms with Gasteiger partial charge >= 0.3 is 0 Å². The van der Waals surface area contributed by atoms with E-state index in [0.29, 0.717) is 12.6 Å². The molecule has 0 spiro atoms. The van der Waals surface area contributed by atoms with Crippen LogP contribution in [0.15, 0.2) is 29.3 Å². The van der Waals surface area contributed by atoms with E-state index in [1.807, 2.05) is 13.8 Å². The first-order chi connectivity index (χ1) is 11.6. The highest BCUT2D eigenvalue weighted by atomic mass is 16.6. The molecule has 2 rings (SSSR count). The fourth-order valence-electron chi connectivity index (χ4n) is 2.79. The molecule has 0 aliphatic carbocycles. The van der Waals surface area contributed by atoms with Crippen molar-refractivity contribution in [3.05, 3.63) is 39.9 Å². The van der Waals surface area contributed by atoms with Gasteiger partial charge < -0.3 is 15.0 Å². The molecule has 1 aromatic carbocycles. The smallest absolute Gasteiger partial charge is 0.269 e. The number of nitrogens with one attached hydrogen (secondary N) is 1. The van der Waals surface area contributed by atoms with Crippen LogP contribution in [0.2, 0.25) is 0 Å². The van der Waals surface area contributed by atoms with E-state index >= 15 is 0 Å². The average molecular weight is 334 g/mol. The van der Waals surface area contributed by atoms with Crippen molar-refractivity contribution in [3.63, 3.8) is 0 Å². The quantitative estimate of drug-likeness (QED) is 0.374. The third-order valence-corrected chi connectivity index (χ3v) is 4.04. The lowest BCUT2D eigenvalue weighted by Crippen LogP contribution is -2.47. The number of hydrogen-bond donors (Lipinski definition) is 1. The maximum Gasteiger partial charge on any atom is 0.269 e. The second-order valence-electron chi connectivity index (χ2n) is 5.74. The number of rotatable bonds is 6. The minimum Gasteiger partial charge on any atom is -0.378 e. The standard InChI is InChI=1S/C17H26N4O3/c1-3-18-17(20-11-9-16(10-12-20)24-4-2)19-13-14-5-7-15(8-6-14)21(22)23/h5-8,16H,3-4,9-13H2,1-2H3,(H,18,19). The van der Waals surface area contributed by atoms with Gasteiger partial charge in [-0.05, 0) is 32.3 Å². The van der Waals surface area contributed by atoms with E-state index < -0.39 is 0 Å². The van der Waals surface area contributed by atoms with Gasteiger partial charge in [0.15, 0.2) is 5.96 Å². The Morgan fingerprint density at radius 2 is 2.00 bits per heavy atom. The lowest BCUT2D eigenvalue weighted by atomic mass is 10.1. The summed E-state index contributed by atoms with van der Waals surface area (Å²) in [4.78, 5) is 17.2. The van der Waals surface area contributed by atoms with Gasteiger partial charge in [-0.1, -0.05) is 12.1 Å². The summed E-state index contributed by atoms with van der Waals surface area (Å²) in [6.07, 6.45) is 2.37. The number of aliphatic imine (C=N–C) groups is 1. The predicted molar refractivity (Wildman–Crippen MR) is 94.1 cm³/mol. The third-order valence-electron chi connectivity index (χ3n) is 4.04. The second kappa shape index (κ2) is 9.22. The van der Waals surface area contributed by atoms with E-state index in [0.717, 1.165) is 50.6 Å². The van der Waals surface area contributed by atoms with Crippen molar-refractivity contribution in [2.75, 3.05) is 26.2 Å². The highest BCUT2D eigenvalue weighted by Gasteiger charge is 2.21. The summed E-state index contributed by atoms with van der Waals surface area (Å²) in [6, 6.07) is 6.55. The molecule has 1 heterocycles. The molecule has 0 aromatic heterocycles. The molecule has 0 saturated carbocycles. The minimum absolute atomic E-state index is 0.104. The SMILES string of the molecule is CCNC(=NCc1ccc([N+](=O)[O-])cc1)N1CCC(OCC)CC1. The second-order valence-corrected chi connectivity index (χ2v) is 5.74. The number of nitro benzene ring substituents is 1. The first-order valence-corrected chi connectivity index (χ1v) is 8.52. The average Bonchev–Trinajstić information content (AvgIpc) is 2.60. The minimum atomic E-state index is -0.389. The van der Waals surface area contributed by atoms with Crippen LogP contribution < -0.4 is 5.32 Å². The lowest BCUT2D eigenvalue weighted by molar-refractivity contribution is -0.384. The van der Waals surface area contributed by atoms with Crippen LogP contribution >= 0.6 is 0 Å². The zero-order valence-corrected chi connectivity index (χ0v) is 14.4. The number of hydrogen-bond acceptors (Lipinski definition) is 4. The number of nitro groups is 1. The van der Waals surface area contributed by atoms with Gasteiger partial charge in [0.05, 0.1) is 17.6 Å². The molecule has 24 heavy (non-hydrogen) atoms. The van der Waals surface area contributed by atoms with Crippen LogP contribution in [0.4, 0.5) is 5.69 Å². The molecular weight excluding hydrogens is 308 g/mol. The normalized spacial score (nSPS) is 16.2. The predicted octanol–water partition coefficient (Wildman–Crippen LogP) is 2.56. The topological polar surface area (TPSA) is 80.0 Å². The van der Waals surface area contributed by atoms with Gasteiger partial charge in [-0.15, -0.1) is 0 Å². The first kappa shape index (κ1) is 18.2. The molecule has 1 aromatic rings. The van der Waals surface area contributed by atoms with Crippen molar-refractivity contribution in [1.29, 1.82) is 0 Å². The summed E-state index contributed by atoms with van der Waals surface area (Å²) >= 11 is 0. The van der Waals surface area contributed by atoms with Crippen LogP contribution in [0.25, 0.3) is 0 Å². The van der Waals surface area contributed by atoms with Crippen LogP contribution in [0.1, 0.15) is 32.3 Å². The third kappa shape index (κ3) is 5.19. The van der Waals surface area contributed by atoms with Gasteiger partial charge in [-0.25, -0.2) is 4.99 Å². The fraction of sp³-hybridized carbons (Fsp3) is 0.588. The van der Waals surface area contributed by atoms with Crippen molar-refractivity contribution >= 4 is 11.6 Å². The van der Waals surface area contributed by atoms with E-state index in [9.17, 15) is 10.1 Å². The zero-order chi connectivity index (χ0) is 17.4. The van der Waals surface area contributed by atoms with Crippen molar-refractivity contribution < 1.29 is 9.66 Å².